The number of nitrogens with one attached hydrogen (secondary N) is 2. The maximum Gasteiger partial charge on any atom is 0.255 e. The summed E-state index contributed by atoms with van der Waals surface area (Å²) < 4.78 is 0. The molecule has 2 aliphatic rings. The SMILES string of the molecule is O=C(Nc1ccc([C@@H]2C[C@H]2NC2CCN(Cc3ccccc3)CC2)cc1)c1ccccc1. The molecule has 5 rings (SSSR count). The zero-order valence-corrected chi connectivity index (χ0v) is 18.4. The van der Waals surface area contributed by atoms with Gasteiger partial charge in [-0.3, -0.25) is 9.69 Å². The van der Waals surface area contributed by atoms with E-state index in [2.05, 4.69) is 58.0 Å². The average molecular weight is 426 g/mol. The van der Waals surface area contributed by atoms with Crippen LogP contribution in [-0.2, 0) is 6.54 Å². The Morgan fingerprint density at radius 1 is 0.844 bits per heavy atom. The molecule has 0 radical (unpaired) electrons. The molecule has 1 amide bonds. The molecule has 3 aromatic rings. The highest BCUT2D eigenvalue weighted by atomic mass is 16.1. The Morgan fingerprint density at radius 2 is 1.50 bits per heavy atom. The minimum Gasteiger partial charge on any atom is -0.322 e. The van der Waals surface area contributed by atoms with Gasteiger partial charge in [0, 0.05) is 35.8 Å². The third kappa shape index (κ3) is 5.26. The number of benzene rings is 3. The second-order valence-electron chi connectivity index (χ2n) is 9.09. The van der Waals surface area contributed by atoms with Gasteiger partial charge < -0.3 is 10.6 Å². The summed E-state index contributed by atoms with van der Waals surface area (Å²) in [4.78, 5) is 14.9. The quantitative estimate of drug-likeness (QED) is 0.557. The van der Waals surface area contributed by atoms with Crippen LogP contribution in [0.5, 0.6) is 0 Å². The molecule has 4 nitrogen and oxygen atoms in total. The molecule has 1 aliphatic heterocycles. The molecule has 1 saturated heterocycles. The van der Waals surface area contributed by atoms with Gasteiger partial charge in [-0.1, -0.05) is 60.7 Å². The van der Waals surface area contributed by atoms with E-state index in [0.29, 0.717) is 23.6 Å². The molecule has 0 spiro atoms. The van der Waals surface area contributed by atoms with E-state index in [-0.39, 0.29) is 5.91 Å². The van der Waals surface area contributed by atoms with Crippen LogP contribution in [0, 0.1) is 0 Å². The third-order valence-electron chi connectivity index (χ3n) is 6.71. The van der Waals surface area contributed by atoms with Gasteiger partial charge in [0.25, 0.3) is 5.91 Å². The van der Waals surface area contributed by atoms with E-state index in [0.717, 1.165) is 12.2 Å². The second-order valence-corrected chi connectivity index (χ2v) is 9.09. The van der Waals surface area contributed by atoms with Crippen molar-refractivity contribution in [3.63, 3.8) is 0 Å². The number of hydrogen-bond acceptors (Lipinski definition) is 3. The number of nitrogens with zero attached hydrogens (tertiary/aromatic N) is 1. The average Bonchev–Trinajstić information content (AvgIpc) is 3.61. The third-order valence-corrected chi connectivity index (χ3v) is 6.71. The number of rotatable bonds is 7. The lowest BCUT2D eigenvalue weighted by Crippen LogP contribution is -2.43. The highest BCUT2D eigenvalue weighted by Crippen LogP contribution is 2.41. The minimum atomic E-state index is -0.0667. The summed E-state index contributed by atoms with van der Waals surface area (Å²) in [6.07, 6.45) is 3.65. The van der Waals surface area contributed by atoms with Gasteiger partial charge in [-0.05, 0) is 67.7 Å². The number of carbonyl (C=O) groups is 1. The van der Waals surface area contributed by atoms with Gasteiger partial charge in [0.05, 0.1) is 0 Å². The number of amides is 1. The van der Waals surface area contributed by atoms with Crippen molar-refractivity contribution in [2.24, 2.45) is 0 Å². The molecule has 2 fully saturated rings. The van der Waals surface area contributed by atoms with Crippen LogP contribution in [0.4, 0.5) is 5.69 Å². The van der Waals surface area contributed by atoms with Gasteiger partial charge in [0.2, 0.25) is 0 Å². The lowest BCUT2D eigenvalue weighted by atomic mass is 10.0. The molecule has 2 N–H and O–H groups in total. The molecular weight excluding hydrogens is 394 g/mol. The predicted molar refractivity (Wildman–Crippen MR) is 130 cm³/mol. The van der Waals surface area contributed by atoms with Gasteiger partial charge in [-0.2, -0.15) is 0 Å². The van der Waals surface area contributed by atoms with E-state index < -0.39 is 0 Å². The smallest absolute Gasteiger partial charge is 0.255 e. The Labute approximate surface area is 190 Å². The van der Waals surface area contributed by atoms with Gasteiger partial charge in [0.15, 0.2) is 0 Å². The lowest BCUT2D eigenvalue weighted by molar-refractivity contribution is 0.102. The van der Waals surface area contributed by atoms with Crippen LogP contribution in [0.3, 0.4) is 0 Å². The fourth-order valence-corrected chi connectivity index (χ4v) is 4.76. The minimum absolute atomic E-state index is 0.0667. The number of hydrogen-bond donors (Lipinski definition) is 2. The fraction of sp³-hybridized carbons (Fsp3) is 0.321. The Balaban J connectivity index is 1.07. The van der Waals surface area contributed by atoms with Crippen molar-refractivity contribution >= 4 is 11.6 Å². The van der Waals surface area contributed by atoms with Gasteiger partial charge in [-0.25, -0.2) is 0 Å². The lowest BCUT2D eigenvalue weighted by Gasteiger charge is -2.32. The summed E-state index contributed by atoms with van der Waals surface area (Å²) in [5, 5.41) is 6.88. The summed E-state index contributed by atoms with van der Waals surface area (Å²) in [5.41, 5.74) is 4.29. The highest BCUT2D eigenvalue weighted by Gasteiger charge is 2.39. The first-order valence-corrected chi connectivity index (χ1v) is 11.7. The Kier molecular flexibility index (Phi) is 6.33. The first-order chi connectivity index (χ1) is 15.7. The Morgan fingerprint density at radius 3 is 2.19 bits per heavy atom. The zero-order chi connectivity index (χ0) is 21.8. The van der Waals surface area contributed by atoms with Crippen LogP contribution in [0.25, 0.3) is 0 Å². The molecule has 1 heterocycles. The maximum absolute atomic E-state index is 12.3. The van der Waals surface area contributed by atoms with Gasteiger partial charge in [0.1, 0.15) is 0 Å². The van der Waals surface area contributed by atoms with Crippen molar-refractivity contribution in [3.05, 3.63) is 102 Å². The van der Waals surface area contributed by atoms with E-state index in [1.54, 1.807) is 0 Å². The van der Waals surface area contributed by atoms with Crippen LogP contribution < -0.4 is 10.6 Å². The van der Waals surface area contributed by atoms with E-state index >= 15 is 0 Å². The Bertz CT molecular complexity index is 1010. The molecule has 0 bridgehead atoms. The summed E-state index contributed by atoms with van der Waals surface area (Å²) in [6, 6.07) is 29.7. The van der Waals surface area contributed by atoms with Crippen molar-refractivity contribution in [2.75, 3.05) is 18.4 Å². The maximum atomic E-state index is 12.3. The normalized spacial score (nSPS) is 21.2. The molecule has 0 aromatic heterocycles. The van der Waals surface area contributed by atoms with Crippen LogP contribution in [0.2, 0.25) is 0 Å². The number of likely N-dealkylation sites (tertiary alicyclic amines) is 1. The van der Waals surface area contributed by atoms with Crippen molar-refractivity contribution < 1.29 is 4.79 Å². The van der Waals surface area contributed by atoms with Crippen LogP contribution in [-0.4, -0.2) is 36.0 Å². The number of carbonyl (C=O) groups excluding carboxylic acids is 1. The second kappa shape index (κ2) is 9.68. The fourth-order valence-electron chi connectivity index (χ4n) is 4.76. The summed E-state index contributed by atoms with van der Waals surface area (Å²) in [5.74, 6) is 0.527. The van der Waals surface area contributed by atoms with Crippen molar-refractivity contribution in [3.8, 4) is 0 Å². The number of anilines is 1. The largest absolute Gasteiger partial charge is 0.322 e. The van der Waals surface area contributed by atoms with Gasteiger partial charge in [-0.15, -0.1) is 0 Å². The van der Waals surface area contributed by atoms with E-state index in [1.807, 2.05) is 42.5 Å². The molecular formula is C28H31N3O. The van der Waals surface area contributed by atoms with E-state index in [4.69, 9.17) is 0 Å². The van der Waals surface area contributed by atoms with E-state index in [9.17, 15) is 4.79 Å². The first kappa shape index (κ1) is 20.9. The molecule has 32 heavy (non-hydrogen) atoms. The molecule has 0 unspecified atom stereocenters. The van der Waals surface area contributed by atoms with Gasteiger partial charge >= 0.3 is 0 Å². The predicted octanol–water partition coefficient (Wildman–Crippen LogP) is 5.05. The molecule has 4 heteroatoms. The summed E-state index contributed by atoms with van der Waals surface area (Å²) in [7, 11) is 0. The molecule has 2 atom stereocenters. The molecule has 3 aromatic carbocycles. The van der Waals surface area contributed by atoms with Crippen molar-refractivity contribution in [1.82, 2.24) is 10.2 Å². The van der Waals surface area contributed by atoms with Crippen LogP contribution in [0.15, 0.2) is 84.9 Å². The molecule has 1 saturated carbocycles. The van der Waals surface area contributed by atoms with Crippen LogP contribution in [0.1, 0.15) is 46.7 Å². The van der Waals surface area contributed by atoms with Crippen LogP contribution >= 0.6 is 0 Å². The molecule has 164 valence electrons. The standard InChI is InChI=1S/C28H31N3O/c32-28(23-9-5-2-6-10-23)30-24-13-11-22(12-14-24)26-19-27(26)29-25-15-17-31(18-16-25)20-21-7-3-1-4-8-21/h1-14,25-27,29H,15-20H2,(H,30,32)/t26-,27+/m0/s1. The zero-order valence-electron chi connectivity index (χ0n) is 18.4. The first-order valence-electron chi connectivity index (χ1n) is 11.7. The van der Waals surface area contributed by atoms with E-state index in [1.165, 1.54) is 43.5 Å². The summed E-state index contributed by atoms with van der Waals surface area (Å²) >= 11 is 0. The number of piperidine rings is 1. The Hall–Kier alpha value is -2.95. The highest BCUT2D eigenvalue weighted by molar-refractivity contribution is 6.04. The summed E-state index contributed by atoms with van der Waals surface area (Å²) in [6.45, 7) is 3.40. The van der Waals surface area contributed by atoms with Crippen molar-refractivity contribution in [2.45, 2.75) is 43.8 Å². The van der Waals surface area contributed by atoms with Crippen molar-refractivity contribution in [1.29, 1.82) is 0 Å². The topological polar surface area (TPSA) is 44.4 Å². The molecule has 1 aliphatic carbocycles. The monoisotopic (exact) mass is 425 g/mol.